The Balaban J connectivity index is 0.000000288. The number of likely N-dealkylation sites (tertiary alicyclic amines) is 1. The molecule has 3 N–H and O–H groups in total. The molecule has 1 amide bonds. The van der Waals surface area contributed by atoms with Gasteiger partial charge < -0.3 is 20.2 Å². The van der Waals surface area contributed by atoms with Crippen LogP contribution in [0.3, 0.4) is 0 Å². The largest absolute Gasteiger partial charge is 0.473 e. The lowest BCUT2D eigenvalue weighted by Crippen LogP contribution is -2.34. The molecule has 0 saturated carbocycles. The van der Waals surface area contributed by atoms with Gasteiger partial charge in [-0.25, -0.2) is 14.4 Å². The molecule has 0 spiro atoms. The van der Waals surface area contributed by atoms with Crippen molar-refractivity contribution in [3.63, 3.8) is 0 Å². The molecule has 1 aliphatic heterocycles. The lowest BCUT2D eigenvalue weighted by molar-refractivity contribution is -0.159. The number of carboxylic acid groups (broad SMARTS) is 3. The van der Waals surface area contributed by atoms with Crippen LogP contribution in [0, 0.1) is 0 Å². The van der Waals surface area contributed by atoms with Crippen molar-refractivity contribution in [2.24, 2.45) is 0 Å². The summed E-state index contributed by atoms with van der Waals surface area (Å²) in [5, 5.41) is 23.2. The molecule has 0 aromatic heterocycles. The van der Waals surface area contributed by atoms with E-state index < -0.39 is 18.0 Å². The maximum atomic E-state index is 10.3. The number of aliphatic carboxylic acids is 2. The van der Waals surface area contributed by atoms with E-state index in [0.717, 1.165) is 25.9 Å². The molecule has 0 unspecified atom stereocenters. The Labute approximate surface area is 85.9 Å². The number of carbonyl (C=O) groups is 3. The molecule has 0 atom stereocenters. The average Bonchev–Trinajstić information content (AvgIpc) is 2.20. The molecule has 0 aliphatic carbocycles. The maximum absolute atomic E-state index is 10.3. The zero-order valence-electron chi connectivity index (χ0n) is 8.05. The summed E-state index contributed by atoms with van der Waals surface area (Å²) in [6.45, 7) is 1.46. The first kappa shape index (κ1) is 13.2. The molecular weight excluding hydrogens is 206 g/mol. The Hall–Kier alpha value is -1.79. The van der Waals surface area contributed by atoms with Crippen molar-refractivity contribution in [2.45, 2.75) is 19.3 Å². The summed E-state index contributed by atoms with van der Waals surface area (Å²) >= 11 is 0. The van der Waals surface area contributed by atoms with Crippen LogP contribution in [0.1, 0.15) is 19.3 Å². The van der Waals surface area contributed by atoms with Gasteiger partial charge in [-0.05, 0) is 19.3 Å². The minimum absolute atomic E-state index is 0.731. The Morgan fingerprint density at radius 1 is 0.800 bits per heavy atom. The molecule has 1 rings (SSSR count). The van der Waals surface area contributed by atoms with E-state index in [1.807, 2.05) is 0 Å². The summed E-state index contributed by atoms with van der Waals surface area (Å²) in [5.41, 5.74) is 0. The van der Waals surface area contributed by atoms with E-state index in [1.54, 1.807) is 0 Å². The second-order valence-corrected chi connectivity index (χ2v) is 2.94. The van der Waals surface area contributed by atoms with Gasteiger partial charge in [-0.1, -0.05) is 0 Å². The van der Waals surface area contributed by atoms with E-state index in [1.165, 1.54) is 11.3 Å². The summed E-state index contributed by atoms with van der Waals surface area (Å²) in [4.78, 5) is 30.0. The maximum Gasteiger partial charge on any atom is 0.414 e. The molecular formula is C8H13NO6. The third-order valence-corrected chi connectivity index (χ3v) is 1.81. The van der Waals surface area contributed by atoms with Gasteiger partial charge in [0.1, 0.15) is 0 Å². The monoisotopic (exact) mass is 219 g/mol. The molecule has 1 heterocycles. The molecule has 1 fully saturated rings. The lowest BCUT2D eigenvalue weighted by atomic mass is 10.1. The van der Waals surface area contributed by atoms with E-state index in [0.29, 0.717) is 0 Å². The molecule has 7 nitrogen and oxygen atoms in total. The first-order valence-electron chi connectivity index (χ1n) is 4.39. The molecule has 7 heteroatoms. The third kappa shape index (κ3) is 6.30. The van der Waals surface area contributed by atoms with Crippen molar-refractivity contribution >= 4 is 18.0 Å². The zero-order chi connectivity index (χ0) is 11.8. The normalized spacial score (nSPS) is 14.8. The van der Waals surface area contributed by atoms with Gasteiger partial charge in [-0.2, -0.15) is 0 Å². The fourth-order valence-electron chi connectivity index (χ4n) is 1.09. The van der Waals surface area contributed by atoms with Crippen LogP contribution in [-0.2, 0) is 9.59 Å². The van der Waals surface area contributed by atoms with E-state index in [9.17, 15) is 4.79 Å². The van der Waals surface area contributed by atoms with Gasteiger partial charge in [-0.3, -0.25) is 0 Å². The predicted octanol–water partition coefficient (Wildman–Crippen LogP) is 0.306. The first-order chi connectivity index (χ1) is 6.95. The van der Waals surface area contributed by atoms with Crippen LogP contribution in [0.25, 0.3) is 0 Å². The van der Waals surface area contributed by atoms with Gasteiger partial charge in [-0.15, -0.1) is 0 Å². The molecule has 86 valence electrons. The Morgan fingerprint density at radius 3 is 1.40 bits per heavy atom. The van der Waals surface area contributed by atoms with E-state index >= 15 is 0 Å². The molecule has 15 heavy (non-hydrogen) atoms. The summed E-state index contributed by atoms with van der Waals surface area (Å²) in [6.07, 6.45) is 2.48. The van der Waals surface area contributed by atoms with Crippen LogP contribution in [0.15, 0.2) is 0 Å². The molecule has 0 aromatic carbocycles. The van der Waals surface area contributed by atoms with Crippen molar-refractivity contribution in [3.05, 3.63) is 0 Å². The second-order valence-electron chi connectivity index (χ2n) is 2.94. The number of nitrogens with zero attached hydrogens (tertiary/aromatic N) is 1. The molecule has 1 saturated heterocycles. The quantitative estimate of drug-likeness (QED) is 0.505. The van der Waals surface area contributed by atoms with Crippen molar-refractivity contribution < 1.29 is 29.7 Å². The van der Waals surface area contributed by atoms with Crippen LogP contribution in [0.2, 0.25) is 0 Å². The number of amides is 1. The minimum atomic E-state index is -1.82. The van der Waals surface area contributed by atoms with Gasteiger partial charge >= 0.3 is 18.0 Å². The highest BCUT2D eigenvalue weighted by atomic mass is 16.4. The van der Waals surface area contributed by atoms with Gasteiger partial charge in [0.05, 0.1) is 0 Å². The molecule has 0 bridgehead atoms. The van der Waals surface area contributed by atoms with Crippen molar-refractivity contribution in [2.75, 3.05) is 13.1 Å². The number of hydrogen-bond acceptors (Lipinski definition) is 3. The van der Waals surface area contributed by atoms with Crippen molar-refractivity contribution in [3.8, 4) is 0 Å². The molecule has 0 aromatic rings. The number of piperidine rings is 1. The molecule has 0 radical (unpaired) electrons. The minimum Gasteiger partial charge on any atom is -0.473 e. The highest BCUT2D eigenvalue weighted by Gasteiger charge is 2.13. The summed E-state index contributed by atoms with van der Waals surface area (Å²) in [5.74, 6) is -3.65. The van der Waals surface area contributed by atoms with Gasteiger partial charge in [0.15, 0.2) is 0 Å². The van der Waals surface area contributed by atoms with E-state index in [2.05, 4.69) is 0 Å². The number of carboxylic acids is 2. The fourth-order valence-corrected chi connectivity index (χ4v) is 1.09. The van der Waals surface area contributed by atoms with Gasteiger partial charge in [0, 0.05) is 13.1 Å². The van der Waals surface area contributed by atoms with Crippen LogP contribution in [-0.4, -0.2) is 51.3 Å². The van der Waals surface area contributed by atoms with Crippen molar-refractivity contribution in [1.29, 1.82) is 0 Å². The van der Waals surface area contributed by atoms with Crippen LogP contribution in [0.5, 0.6) is 0 Å². The van der Waals surface area contributed by atoms with E-state index in [4.69, 9.17) is 24.9 Å². The highest BCUT2D eigenvalue weighted by Crippen LogP contribution is 2.07. The number of hydrogen-bond donors (Lipinski definition) is 3. The number of rotatable bonds is 0. The standard InChI is InChI=1S/C6H11NO2.C2H2O4/c8-6(9)7-4-2-1-3-5-7;3-1(4)2(5)6/h1-5H2,(H,8,9);(H,3,4)(H,5,6). The van der Waals surface area contributed by atoms with Crippen LogP contribution >= 0.6 is 0 Å². The first-order valence-corrected chi connectivity index (χ1v) is 4.39. The van der Waals surface area contributed by atoms with Crippen molar-refractivity contribution in [1.82, 2.24) is 4.90 Å². The smallest absolute Gasteiger partial charge is 0.414 e. The predicted molar refractivity (Wildman–Crippen MR) is 48.7 cm³/mol. The zero-order valence-corrected chi connectivity index (χ0v) is 8.05. The van der Waals surface area contributed by atoms with Gasteiger partial charge in [0.2, 0.25) is 0 Å². The van der Waals surface area contributed by atoms with Crippen LogP contribution < -0.4 is 0 Å². The highest BCUT2D eigenvalue weighted by molar-refractivity contribution is 6.27. The average molecular weight is 219 g/mol. The summed E-state index contributed by atoms with van der Waals surface area (Å²) in [6, 6.07) is 0. The SMILES string of the molecule is O=C(O)C(=O)O.O=C(O)N1CCCCC1. The summed E-state index contributed by atoms with van der Waals surface area (Å²) < 4.78 is 0. The van der Waals surface area contributed by atoms with E-state index in [-0.39, 0.29) is 0 Å². The topological polar surface area (TPSA) is 115 Å². The Morgan fingerprint density at radius 2 is 1.20 bits per heavy atom. The fraction of sp³-hybridized carbons (Fsp3) is 0.625. The molecule has 1 aliphatic rings. The summed E-state index contributed by atoms with van der Waals surface area (Å²) in [7, 11) is 0. The second kappa shape index (κ2) is 6.63. The van der Waals surface area contributed by atoms with Crippen LogP contribution in [0.4, 0.5) is 4.79 Å². The third-order valence-electron chi connectivity index (χ3n) is 1.81. The van der Waals surface area contributed by atoms with Gasteiger partial charge in [0.25, 0.3) is 0 Å². The Bertz CT molecular complexity index is 234. The Kier molecular flexibility index (Phi) is 5.84. The lowest BCUT2D eigenvalue weighted by Gasteiger charge is -2.22.